The number of anilines is 1. The molecule has 0 atom stereocenters. The summed E-state index contributed by atoms with van der Waals surface area (Å²) in [5.41, 5.74) is -0.198. The van der Waals surface area contributed by atoms with Crippen molar-refractivity contribution in [1.29, 1.82) is 0 Å². The molecule has 2 rings (SSSR count). The molecule has 7 heteroatoms. The van der Waals surface area contributed by atoms with Crippen molar-refractivity contribution in [2.24, 2.45) is 0 Å². The number of halogens is 3. The van der Waals surface area contributed by atoms with E-state index in [1.54, 1.807) is 0 Å². The van der Waals surface area contributed by atoms with Crippen LogP contribution in [0.4, 0.5) is 10.1 Å². The summed E-state index contributed by atoms with van der Waals surface area (Å²) in [6.45, 7) is 0. The van der Waals surface area contributed by atoms with E-state index in [0.29, 0.717) is 0 Å². The molecule has 4 nitrogen and oxygen atoms in total. The Labute approximate surface area is 129 Å². The molecule has 0 aliphatic heterocycles. The normalized spacial score (nSPS) is 10.2. The van der Waals surface area contributed by atoms with Gasteiger partial charge in [0.2, 0.25) is 0 Å². The molecule has 0 radical (unpaired) electrons. The third-order valence-electron chi connectivity index (χ3n) is 2.64. The van der Waals surface area contributed by atoms with Gasteiger partial charge in [-0.15, -0.1) is 0 Å². The largest absolute Gasteiger partial charge is 0.478 e. The van der Waals surface area contributed by atoms with E-state index in [9.17, 15) is 14.0 Å². The Balaban J connectivity index is 2.28. The molecule has 0 saturated heterocycles. The second kappa shape index (κ2) is 6.11. The minimum Gasteiger partial charge on any atom is -0.478 e. The summed E-state index contributed by atoms with van der Waals surface area (Å²) in [5, 5.41) is 11.6. The Morgan fingerprint density at radius 2 is 1.67 bits per heavy atom. The van der Waals surface area contributed by atoms with Crippen molar-refractivity contribution >= 4 is 40.8 Å². The fraction of sp³-hybridized carbons (Fsp3) is 0. The highest BCUT2D eigenvalue weighted by atomic mass is 35.5. The molecule has 0 unspecified atom stereocenters. The van der Waals surface area contributed by atoms with E-state index in [2.05, 4.69) is 5.32 Å². The van der Waals surface area contributed by atoms with E-state index in [1.807, 2.05) is 0 Å². The minimum atomic E-state index is -1.22. The van der Waals surface area contributed by atoms with Gasteiger partial charge in [-0.1, -0.05) is 23.2 Å². The summed E-state index contributed by atoms with van der Waals surface area (Å²) in [4.78, 5) is 22.8. The predicted molar refractivity (Wildman–Crippen MR) is 77.8 cm³/mol. The number of carbonyl (C=O) groups excluding carboxylic acids is 1. The van der Waals surface area contributed by atoms with Crippen LogP contribution in [0.5, 0.6) is 0 Å². The molecule has 108 valence electrons. The number of aromatic carboxylic acids is 1. The van der Waals surface area contributed by atoms with E-state index in [0.717, 1.165) is 18.2 Å². The Hall–Kier alpha value is -2.11. The molecule has 0 heterocycles. The molecule has 0 aliphatic carbocycles. The number of carbonyl (C=O) groups is 2. The summed E-state index contributed by atoms with van der Waals surface area (Å²) in [5.74, 6) is -2.59. The Morgan fingerprint density at radius 3 is 2.29 bits per heavy atom. The van der Waals surface area contributed by atoms with Crippen molar-refractivity contribution in [2.75, 3.05) is 5.32 Å². The first-order valence-electron chi connectivity index (χ1n) is 5.67. The van der Waals surface area contributed by atoms with E-state index >= 15 is 0 Å². The average Bonchev–Trinajstić information content (AvgIpc) is 2.43. The first kappa shape index (κ1) is 15.3. The lowest BCUT2D eigenvalue weighted by Gasteiger charge is -2.08. The van der Waals surface area contributed by atoms with Gasteiger partial charge in [-0.2, -0.15) is 0 Å². The number of nitrogens with one attached hydrogen (secondary N) is 1. The van der Waals surface area contributed by atoms with Crippen LogP contribution >= 0.6 is 23.2 Å². The second-order valence-electron chi connectivity index (χ2n) is 4.08. The number of carboxylic acid groups (broad SMARTS) is 1. The maximum absolute atomic E-state index is 13.6. The molecule has 0 saturated carbocycles. The standard InChI is InChI=1S/C14H8Cl2FNO3/c15-9-3-1-7(5-10(9)16)13(19)18-12-6-8(14(20)21)2-4-11(12)17/h1-6H,(H,18,19)(H,20,21). The third kappa shape index (κ3) is 3.51. The molecular weight excluding hydrogens is 320 g/mol. The summed E-state index contributed by atoms with van der Waals surface area (Å²) in [6, 6.07) is 7.29. The van der Waals surface area contributed by atoms with Gasteiger partial charge in [-0.3, -0.25) is 4.79 Å². The number of hydrogen-bond donors (Lipinski definition) is 2. The highest BCUT2D eigenvalue weighted by Gasteiger charge is 2.13. The number of rotatable bonds is 3. The van der Waals surface area contributed by atoms with Crippen molar-refractivity contribution in [1.82, 2.24) is 0 Å². The summed E-state index contributed by atoms with van der Waals surface area (Å²) in [7, 11) is 0. The molecule has 0 spiro atoms. The van der Waals surface area contributed by atoms with Crippen molar-refractivity contribution in [3.05, 3.63) is 63.4 Å². The van der Waals surface area contributed by atoms with Crippen molar-refractivity contribution < 1.29 is 19.1 Å². The van der Waals surface area contributed by atoms with Gasteiger partial charge in [-0.25, -0.2) is 9.18 Å². The summed E-state index contributed by atoms with van der Waals surface area (Å²) >= 11 is 11.5. The first-order valence-corrected chi connectivity index (χ1v) is 6.43. The molecule has 21 heavy (non-hydrogen) atoms. The number of amides is 1. The Kier molecular flexibility index (Phi) is 4.45. The molecule has 2 aromatic carbocycles. The Morgan fingerprint density at radius 1 is 1.00 bits per heavy atom. The maximum atomic E-state index is 13.6. The number of carboxylic acids is 1. The van der Waals surface area contributed by atoms with Crippen molar-refractivity contribution in [3.63, 3.8) is 0 Å². The van der Waals surface area contributed by atoms with Crippen LogP contribution in [0.3, 0.4) is 0 Å². The highest BCUT2D eigenvalue weighted by molar-refractivity contribution is 6.42. The van der Waals surface area contributed by atoms with Gasteiger partial charge in [0.25, 0.3) is 5.91 Å². The van der Waals surface area contributed by atoms with Gasteiger partial charge in [0.15, 0.2) is 0 Å². The van der Waals surface area contributed by atoms with Gasteiger partial charge in [0.05, 0.1) is 21.3 Å². The van der Waals surface area contributed by atoms with Crippen LogP contribution in [0.1, 0.15) is 20.7 Å². The smallest absolute Gasteiger partial charge is 0.335 e. The van der Waals surface area contributed by atoms with E-state index in [-0.39, 0.29) is 26.9 Å². The van der Waals surface area contributed by atoms with Crippen LogP contribution in [-0.2, 0) is 0 Å². The van der Waals surface area contributed by atoms with Crippen LogP contribution < -0.4 is 5.32 Å². The zero-order valence-corrected chi connectivity index (χ0v) is 11.9. The lowest BCUT2D eigenvalue weighted by Crippen LogP contribution is -2.13. The van der Waals surface area contributed by atoms with Crippen LogP contribution in [0.25, 0.3) is 0 Å². The van der Waals surface area contributed by atoms with Crippen molar-refractivity contribution in [2.45, 2.75) is 0 Å². The Bertz CT molecular complexity index is 734. The fourth-order valence-electron chi connectivity index (χ4n) is 1.59. The van der Waals surface area contributed by atoms with Crippen LogP contribution in [0.2, 0.25) is 10.0 Å². The number of hydrogen-bond acceptors (Lipinski definition) is 2. The van der Waals surface area contributed by atoms with Gasteiger partial charge in [0.1, 0.15) is 5.82 Å². The highest BCUT2D eigenvalue weighted by Crippen LogP contribution is 2.23. The van der Waals surface area contributed by atoms with Gasteiger partial charge in [0, 0.05) is 5.56 Å². The average molecular weight is 328 g/mol. The SMILES string of the molecule is O=C(O)c1ccc(F)c(NC(=O)c2ccc(Cl)c(Cl)c2)c1. The van der Waals surface area contributed by atoms with Crippen molar-refractivity contribution in [3.8, 4) is 0 Å². The second-order valence-corrected chi connectivity index (χ2v) is 4.90. The molecule has 0 bridgehead atoms. The first-order chi connectivity index (χ1) is 9.88. The topological polar surface area (TPSA) is 66.4 Å². The third-order valence-corrected chi connectivity index (χ3v) is 3.38. The number of benzene rings is 2. The maximum Gasteiger partial charge on any atom is 0.335 e. The lowest BCUT2D eigenvalue weighted by atomic mass is 10.1. The molecule has 0 fully saturated rings. The molecule has 1 amide bonds. The van der Waals surface area contributed by atoms with Gasteiger partial charge >= 0.3 is 5.97 Å². The quantitative estimate of drug-likeness (QED) is 0.892. The fourth-order valence-corrected chi connectivity index (χ4v) is 1.88. The summed E-state index contributed by atoms with van der Waals surface area (Å²) in [6.07, 6.45) is 0. The van der Waals surface area contributed by atoms with Crippen LogP contribution in [0, 0.1) is 5.82 Å². The zero-order valence-electron chi connectivity index (χ0n) is 10.4. The molecule has 2 aromatic rings. The predicted octanol–water partition coefficient (Wildman–Crippen LogP) is 4.08. The van der Waals surface area contributed by atoms with Gasteiger partial charge < -0.3 is 10.4 Å². The van der Waals surface area contributed by atoms with Crippen LogP contribution in [-0.4, -0.2) is 17.0 Å². The van der Waals surface area contributed by atoms with E-state index in [4.69, 9.17) is 28.3 Å². The minimum absolute atomic E-state index is 0.138. The zero-order chi connectivity index (χ0) is 15.6. The van der Waals surface area contributed by atoms with Gasteiger partial charge in [-0.05, 0) is 36.4 Å². The molecular formula is C14H8Cl2FNO3. The van der Waals surface area contributed by atoms with Crippen LogP contribution in [0.15, 0.2) is 36.4 Å². The lowest BCUT2D eigenvalue weighted by molar-refractivity contribution is 0.0696. The van der Waals surface area contributed by atoms with E-state index in [1.165, 1.54) is 18.2 Å². The molecule has 0 aromatic heterocycles. The summed E-state index contributed by atoms with van der Waals surface area (Å²) < 4.78 is 13.6. The monoisotopic (exact) mass is 327 g/mol. The molecule has 0 aliphatic rings. The molecule has 2 N–H and O–H groups in total. The van der Waals surface area contributed by atoms with E-state index < -0.39 is 17.7 Å².